The van der Waals surface area contributed by atoms with Crippen molar-refractivity contribution in [1.29, 1.82) is 0 Å². The number of carbonyl (C=O) groups excluding carboxylic acids is 1. The fourth-order valence-electron chi connectivity index (χ4n) is 2.47. The molecule has 6 nitrogen and oxygen atoms in total. The Morgan fingerprint density at radius 3 is 2.78 bits per heavy atom. The topological polar surface area (TPSA) is 62.3 Å². The largest absolute Gasteiger partial charge is 0.305 e. The summed E-state index contributed by atoms with van der Waals surface area (Å²) in [5, 5.41) is 8.83. The van der Waals surface area contributed by atoms with Crippen LogP contribution in [-0.4, -0.2) is 30.0 Å². The number of aromatic nitrogens is 2. The molecule has 2 aromatic rings. The standard InChI is InChI=1S/C16H20N4O2S/c1-13-5-7-14(8-6-13)23-12-15(21)17-16-11-20(18-22-16)19-9-3-2-4-10-19/h5-8,11H,2-4,9-10,12H2,1H3/p+1. The van der Waals surface area contributed by atoms with E-state index in [1.54, 1.807) is 11.0 Å². The molecule has 1 saturated heterocycles. The van der Waals surface area contributed by atoms with Gasteiger partial charge in [0, 0.05) is 4.90 Å². The predicted octanol–water partition coefficient (Wildman–Crippen LogP) is 2.12. The van der Waals surface area contributed by atoms with Crippen molar-refractivity contribution >= 4 is 23.6 Å². The number of benzene rings is 1. The maximum atomic E-state index is 12.0. The molecule has 1 fully saturated rings. The highest BCUT2D eigenvalue weighted by atomic mass is 32.2. The van der Waals surface area contributed by atoms with Crippen LogP contribution in [0.2, 0.25) is 0 Å². The van der Waals surface area contributed by atoms with E-state index in [-0.39, 0.29) is 5.91 Å². The van der Waals surface area contributed by atoms with Gasteiger partial charge >= 0.3 is 5.88 Å². The lowest BCUT2D eigenvalue weighted by Crippen LogP contribution is -2.60. The van der Waals surface area contributed by atoms with Gasteiger partial charge in [-0.15, -0.1) is 11.8 Å². The Kier molecular flexibility index (Phi) is 5.17. The number of nitrogens with one attached hydrogen (secondary N) is 1. The van der Waals surface area contributed by atoms with Crippen LogP contribution in [0.1, 0.15) is 24.8 Å². The number of hydrogen-bond donors (Lipinski definition) is 1. The Balaban J connectivity index is 1.49. The van der Waals surface area contributed by atoms with Crippen molar-refractivity contribution in [2.24, 2.45) is 0 Å². The molecular weight excluding hydrogens is 312 g/mol. The maximum Gasteiger partial charge on any atom is 0.305 e. The van der Waals surface area contributed by atoms with Crippen LogP contribution in [0.15, 0.2) is 39.9 Å². The predicted molar refractivity (Wildman–Crippen MR) is 89.0 cm³/mol. The summed E-state index contributed by atoms with van der Waals surface area (Å²) in [5.41, 5.74) is 1.21. The maximum absolute atomic E-state index is 12.0. The highest BCUT2D eigenvalue weighted by Crippen LogP contribution is 2.18. The molecule has 1 N–H and O–H groups in total. The molecule has 0 saturated carbocycles. The first-order valence-corrected chi connectivity index (χ1v) is 8.82. The molecule has 1 aromatic heterocycles. The Morgan fingerprint density at radius 1 is 1.30 bits per heavy atom. The summed E-state index contributed by atoms with van der Waals surface area (Å²) in [6.07, 6.45) is 5.30. The van der Waals surface area contributed by atoms with Gasteiger partial charge in [0.05, 0.1) is 23.6 Å². The van der Waals surface area contributed by atoms with E-state index < -0.39 is 0 Å². The minimum atomic E-state index is -0.0995. The van der Waals surface area contributed by atoms with Gasteiger partial charge in [0.2, 0.25) is 11.2 Å². The second-order valence-corrected chi connectivity index (χ2v) is 6.70. The second-order valence-electron chi connectivity index (χ2n) is 5.65. The quantitative estimate of drug-likeness (QED) is 0.671. The number of piperidine rings is 1. The van der Waals surface area contributed by atoms with E-state index in [1.807, 2.05) is 31.2 Å². The summed E-state index contributed by atoms with van der Waals surface area (Å²) in [4.78, 5) is 14.8. The average molecular weight is 333 g/mol. The van der Waals surface area contributed by atoms with Crippen LogP contribution >= 0.6 is 11.8 Å². The zero-order chi connectivity index (χ0) is 16.1. The smallest absolute Gasteiger partial charge is 0.288 e. The lowest BCUT2D eigenvalue weighted by molar-refractivity contribution is -0.759. The molecule has 0 bridgehead atoms. The van der Waals surface area contributed by atoms with Crippen molar-refractivity contribution in [3.8, 4) is 0 Å². The number of aryl methyl sites for hydroxylation is 1. The number of carbonyl (C=O) groups is 1. The van der Waals surface area contributed by atoms with Gasteiger partial charge in [-0.2, -0.15) is 5.01 Å². The third-order valence-corrected chi connectivity index (χ3v) is 4.74. The number of anilines is 1. The van der Waals surface area contributed by atoms with Gasteiger partial charge in [0.15, 0.2) is 0 Å². The highest BCUT2D eigenvalue weighted by Gasteiger charge is 2.23. The molecule has 0 atom stereocenters. The highest BCUT2D eigenvalue weighted by molar-refractivity contribution is 8.00. The zero-order valence-corrected chi connectivity index (χ0v) is 14.0. The first kappa shape index (κ1) is 15.9. The van der Waals surface area contributed by atoms with Crippen molar-refractivity contribution in [2.45, 2.75) is 31.1 Å². The van der Waals surface area contributed by atoms with E-state index in [4.69, 9.17) is 4.52 Å². The second kappa shape index (κ2) is 7.50. The van der Waals surface area contributed by atoms with E-state index in [9.17, 15) is 4.79 Å². The number of rotatable bonds is 5. The Bertz CT molecular complexity index is 650. The molecule has 7 heteroatoms. The third-order valence-electron chi connectivity index (χ3n) is 3.73. The van der Waals surface area contributed by atoms with Crippen LogP contribution in [0.3, 0.4) is 0 Å². The lowest BCUT2D eigenvalue weighted by atomic mass is 10.2. The first-order chi connectivity index (χ1) is 11.2. The van der Waals surface area contributed by atoms with Crippen molar-refractivity contribution in [3.05, 3.63) is 36.0 Å². The molecule has 1 aliphatic heterocycles. The van der Waals surface area contributed by atoms with Crippen LogP contribution in [0.4, 0.5) is 5.88 Å². The molecule has 1 amide bonds. The number of hydrogen-bond acceptors (Lipinski definition) is 5. The third kappa shape index (κ3) is 4.48. The summed E-state index contributed by atoms with van der Waals surface area (Å²) in [6.45, 7) is 3.98. The summed E-state index contributed by atoms with van der Waals surface area (Å²) in [5.74, 6) is 0.621. The van der Waals surface area contributed by atoms with Gasteiger partial charge in [-0.25, -0.2) is 0 Å². The molecule has 0 spiro atoms. The molecule has 0 radical (unpaired) electrons. The minimum absolute atomic E-state index is 0.0995. The van der Waals surface area contributed by atoms with Crippen molar-refractivity contribution in [3.63, 3.8) is 0 Å². The molecule has 1 aliphatic rings. The molecule has 0 aliphatic carbocycles. The van der Waals surface area contributed by atoms with E-state index in [2.05, 4.69) is 15.6 Å². The Morgan fingerprint density at radius 2 is 2.04 bits per heavy atom. The average Bonchev–Trinajstić information content (AvgIpc) is 3.04. The summed E-state index contributed by atoms with van der Waals surface area (Å²) in [7, 11) is 0. The molecule has 2 heterocycles. The SMILES string of the molecule is Cc1ccc(SCC(=O)Nc2c[n+](N3CCCCC3)no2)cc1. The molecule has 1 aromatic carbocycles. The Labute approximate surface area is 139 Å². The minimum Gasteiger partial charge on any atom is -0.288 e. The van der Waals surface area contributed by atoms with E-state index >= 15 is 0 Å². The van der Waals surface area contributed by atoms with Crippen LogP contribution in [-0.2, 0) is 4.79 Å². The zero-order valence-electron chi connectivity index (χ0n) is 13.2. The number of amides is 1. The lowest BCUT2D eigenvalue weighted by Gasteiger charge is -2.17. The van der Waals surface area contributed by atoms with Crippen molar-refractivity contribution < 1.29 is 14.1 Å². The van der Waals surface area contributed by atoms with Crippen LogP contribution in [0.25, 0.3) is 0 Å². The van der Waals surface area contributed by atoms with Gasteiger partial charge in [-0.1, -0.05) is 17.7 Å². The summed E-state index contributed by atoms with van der Waals surface area (Å²) < 4.78 is 5.19. The normalized spacial score (nSPS) is 14.7. The van der Waals surface area contributed by atoms with Gasteiger partial charge in [-0.3, -0.25) is 14.6 Å². The summed E-state index contributed by atoms with van der Waals surface area (Å²) >= 11 is 1.50. The van der Waals surface area contributed by atoms with E-state index in [0.717, 1.165) is 30.8 Å². The first-order valence-electron chi connectivity index (χ1n) is 7.84. The molecular formula is C16H21N4O2S+. The molecule has 3 rings (SSSR count). The van der Waals surface area contributed by atoms with Crippen molar-refractivity contribution in [2.75, 3.05) is 29.2 Å². The van der Waals surface area contributed by atoms with Crippen molar-refractivity contribution in [1.82, 2.24) is 5.27 Å². The summed E-state index contributed by atoms with van der Waals surface area (Å²) in [6, 6.07) is 8.12. The van der Waals surface area contributed by atoms with Crippen LogP contribution in [0, 0.1) is 6.92 Å². The fraction of sp³-hybridized carbons (Fsp3) is 0.438. The Hall–Kier alpha value is -2.02. The molecule has 0 unspecified atom stereocenters. The van der Waals surface area contributed by atoms with Gasteiger partial charge in [0.1, 0.15) is 0 Å². The van der Waals surface area contributed by atoms with E-state index in [1.165, 1.54) is 23.7 Å². The monoisotopic (exact) mass is 333 g/mol. The number of thioether (sulfide) groups is 1. The van der Waals surface area contributed by atoms with Gasteiger partial charge < -0.3 is 0 Å². The molecule has 122 valence electrons. The van der Waals surface area contributed by atoms with Crippen LogP contribution < -0.4 is 15.1 Å². The van der Waals surface area contributed by atoms with Crippen LogP contribution in [0.5, 0.6) is 0 Å². The molecule has 23 heavy (non-hydrogen) atoms. The fourth-order valence-corrected chi connectivity index (χ4v) is 3.16. The van der Waals surface area contributed by atoms with E-state index in [0.29, 0.717) is 11.6 Å². The number of nitrogens with zero attached hydrogens (tertiary/aromatic N) is 3. The van der Waals surface area contributed by atoms with Gasteiger partial charge in [0.25, 0.3) is 6.20 Å². The van der Waals surface area contributed by atoms with Gasteiger partial charge in [-0.05, 0) is 38.3 Å².